The van der Waals surface area contributed by atoms with Crippen molar-refractivity contribution in [2.24, 2.45) is 0 Å². The second-order valence-corrected chi connectivity index (χ2v) is 4.28. The number of ether oxygens (including phenoxy) is 1. The van der Waals surface area contributed by atoms with Crippen molar-refractivity contribution in [3.8, 4) is 11.3 Å². The quantitative estimate of drug-likeness (QED) is 0.863. The molecule has 0 aliphatic carbocycles. The normalized spacial score (nSPS) is 15.5. The lowest BCUT2D eigenvalue weighted by atomic mass is 10.2. The number of pyridine rings is 1. The van der Waals surface area contributed by atoms with Gasteiger partial charge in [0.25, 0.3) is 0 Å². The standard InChI is InChI=1S/C13H15N5O/c14-13-16-9-10(11-3-1-2-4-15-11)12(17-13)18-5-7-19-8-6-18/h1-4,9H,5-8H2,(H2,14,16,17). The Labute approximate surface area is 111 Å². The largest absolute Gasteiger partial charge is 0.378 e. The lowest BCUT2D eigenvalue weighted by Gasteiger charge is -2.29. The molecule has 3 rings (SSSR count). The van der Waals surface area contributed by atoms with Crippen molar-refractivity contribution in [2.75, 3.05) is 36.9 Å². The van der Waals surface area contributed by atoms with Gasteiger partial charge in [0, 0.05) is 25.5 Å². The summed E-state index contributed by atoms with van der Waals surface area (Å²) in [6, 6.07) is 5.77. The highest BCUT2D eigenvalue weighted by molar-refractivity contribution is 5.73. The summed E-state index contributed by atoms with van der Waals surface area (Å²) in [6.45, 7) is 3.00. The molecule has 1 saturated heterocycles. The highest BCUT2D eigenvalue weighted by Gasteiger charge is 2.18. The molecule has 0 saturated carbocycles. The van der Waals surface area contributed by atoms with Gasteiger partial charge in [-0.2, -0.15) is 4.98 Å². The first-order chi connectivity index (χ1) is 9.34. The van der Waals surface area contributed by atoms with Crippen LogP contribution in [0.25, 0.3) is 11.3 Å². The maximum absolute atomic E-state index is 5.71. The van der Waals surface area contributed by atoms with E-state index in [-0.39, 0.29) is 5.95 Å². The Morgan fingerprint density at radius 1 is 1.16 bits per heavy atom. The van der Waals surface area contributed by atoms with Crippen molar-refractivity contribution >= 4 is 11.8 Å². The van der Waals surface area contributed by atoms with Crippen LogP contribution in [0.5, 0.6) is 0 Å². The van der Waals surface area contributed by atoms with Gasteiger partial charge in [-0.25, -0.2) is 4.98 Å². The minimum absolute atomic E-state index is 0.279. The van der Waals surface area contributed by atoms with Gasteiger partial charge in [-0.3, -0.25) is 4.98 Å². The molecule has 0 bridgehead atoms. The zero-order valence-corrected chi connectivity index (χ0v) is 10.5. The average molecular weight is 257 g/mol. The Kier molecular flexibility index (Phi) is 3.24. The minimum atomic E-state index is 0.279. The zero-order valence-electron chi connectivity index (χ0n) is 10.5. The third-order valence-corrected chi connectivity index (χ3v) is 3.04. The van der Waals surface area contributed by atoms with E-state index < -0.39 is 0 Å². The van der Waals surface area contributed by atoms with E-state index in [1.807, 2.05) is 18.2 Å². The molecule has 2 N–H and O–H groups in total. The fourth-order valence-corrected chi connectivity index (χ4v) is 2.10. The summed E-state index contributed by atoms with van der Waals surface area (Å²) in [6.07, 6.45) is 3.49. The van der Waals surface area contributed by atoms with Gasteiger partial charge in [0.15, 0.2) is 0 Å². The van der Waals surface area contributed by atoms with Gasteiger partial charge in [-0.15, -0.1) is 0 Å². The predicted octanol–water partition coefficient (Wildman–Crippen LogP) is 0.957. The molecule has 0 aromatic carbocycles. The summed E-state index contributed by atoms with van der Waals surface area (Å²) in [5.41, 5.74) is 7.46. The summed E-state index contributed by atoms with van der Waals surface area (Å²) in [7, 11) is 0. The van der Waals surface area contributed by atoms with Crippen LogP contribution < -0.4 is 10.6 Å². The minimum Gasteiger partial charge on any atom is -0.378 e. The van der Waals surface area contributed by atoms with Gasteiger partial charge in [0.1, 0.15) is 5.82 Å². The summed E-state index contributed by atoms with van der Waals surface area (Å²) in [5.74, 6) is 1.11. The fourth-order valence-electron chi connectivity index (χ4n) is 2.10. The van der Waals surface area contributed by atoms with Gasteiger partial charge < -0.3 is 15.4 Å². The third kappa shape index (κ3) is 2.48. The Morgan fingerprint density at radius 3 is 2.74 bits per heavy atom. The van der Waals surface area contributed by atoms with Gasteiger partial charge in [-0.1, -0.05) is 6.07 Å². The van der Waals surface area contributed by atoms with Gasteiger partial charge in [0.05, 0.1) is 24.5 Å². The fraction of sp³-hybridized carbons (Fsp3) is 0.308. The van der Waals surface area contributed by atoms with Crippen LogP contribution >= 0.6 is 0 Å². The second-order valence-electron chi connectivity index (χ2n) is 4.28. The lowest BCUT2D eigenvalue weighted by Crippen LogP contribution is -2.37. The van der Waals surface area contributed by atoms with Crippen LogP contribution in [0.2, 0.25) is 0 Å². The topological polar surface area (TPSA) is 77.2 Å². The van der Waals surface area contributed by atoms with Crippen LogP contribution in [0.3, 0.4) is 0 Å². The van der Waals surface area contributed by atoms with Crippen LogP contribution in [0.4, 0.5) is 11.8 Å². The molecule has 0 radical (unpaired) electrons. The molecular formula is C13H15N5O. The van der Waals surface area contributed by atoms with Crippen LogP contribution in [0.15, 0.2) is 30.6 Å². The number of anilines is 2. The van der Waals surface area contributed by atoms with E-state index in [1.54, 1.807) is 12.4 Å². The van der Waals surface area contributed by atoms with Crippen LogP contribution in [0, 0.1) is 0 Å². The monoisotopic (exact) mass is 257 g/mol. The van der Waals surface area contributed by atoms with Crippen molar-refractivity contribution in [3.05, 3.63) is 30.6 Å². The Balaban J connectivity index is 2.04. The number of hydrogen-bond acceptors (Lipinski definition) is 6. The number of nitrogen functional groups attached to an aromatic ring is 1. The predicted molar refractivity (Wildman–Crippen MR) is 72.7 cm³/mol. The van der Waals surface area contributed by atoms with E-state index in [1.165, 1.54) is 0 Å². The highest BCUT2D eigenvalue weighted by Crippen LogP contribution is 2.27. The first kappa shape index (κ1) is 11.9. The number of morpholine rings is 1. The van der Waals surface area contributed by atoms with E-state index in [9.17, 15) is 0 Å². The number of nitrogens with two attached hydrogens (primary N) is 1. The smallest absolute Gasteiger partial charge is 0.221 e. The summed E-state index contributed by atoms with van der Waals surface area (Å²) in [5, 5.41) is 0. The molecule has 3 heterocycles. The number of nitrogens with zero attached hydrogens (tertiary/aromatic N) is 4. The Bertz CT molecular complexity index is 554. The van der Waals surface area contributed by atoms with E-state index in [0.717, 1.165) is 30.2 Å². The summed E-state index contributed by atoms with van der Waals surface area (Å²) < 4.78 is 5.37. The zero-order chi connectivity index (χ0) is 13.1. The van der Waals surface area contributed by atoms with Gasteiger partial charge >= 0.3 is 0 Å². The Hall–Kier alpha value is -2.21. The lowest BCUT2D eigenvalue weighted by molar-refractivity contribution is 0.122. The molecule has 6 nitrogen and oxygen atoms in total. The molecule has 0 atom stereocenters. The molecular weight excluding hydrogens is 242 g/mol. The van der Waals surface area contributed by atoms with Crippen molar-refractivity contribution in [1.82, 2.24) is 15.0 Å². The SMILES string of the molecule is Nc1ncc(-c2ccccn2)c(N2CCOCC2)n1. The first-order valence-electron chi connectivity index (χ1n) is 6.21. The molecule has 1 aliphatic heterocycles. The van der Waals surface area contributed by atoms with E-state index in [4.69, 9.17) is 10.5 Å². The first-order valence-corrected chi connectivity index (χ1v) is 6.21. The van der Waals surface area contributed by atoms with Gasteiger partial charge in [-0.05, 0) is 12.1 Å². The molecule has 2 aromatic rings. The van der Waals surface area contributed by atoms with Crippen molar-refractivity contribution in [1.29, 1.82) is 0 Å². The van der Waals surface area contributed by atoms with E-state index in [0.29, 0.717) is 13.2 Å². The maximum atomic E-state index is 5.71. The van der Waals surface area contributed by atoms with E-state index >= 15 is 0 Å². The third-order valence-electron chi connectivity index (χ3n) is 3.04. The molecule has 0 spiro atoms. The summed E-state index contributed by atoms with van der Waals surface area (Å²) in [4.78, 5) is 15.0. The van der Waals surface area contributed by atoms with Crippen LogP contribution in [-0.4, -0.2) is 41.3 Å². The molecule has 19 heavy (non-hydrogen) atoms. The highest BCUT2D eigenvalue weighted by atomic mass is 16.5. The van der Waals surface area contributed by atoms with Crippen molar-refractivity contribution in [2.45, 2.75) is 0 Å². The van der Waals surface area contributed by atoms with E-state index in [2.05, 4.69) is 19.9 Å². The maximum Gasteiger partial charge on any atom is 0.221 e. The van der Waals surface area contributed by atoms with Crippen molar-refractivity contribution in [3.63, 3.8) is 0 Å². The number of aromatic nitrogens is 3. The van der Waals surface area contributed by atoms with Crippen LogP contribution in [0.1, 0.15) is 0 Å². The molecule has 0 unspecified atom stereocenters. The molecule has 0 amide bonds. The number of rotatable bonds is 2. The molecule has 1 aliphatic rings. The molecule has 1 fully saturated rings. The second kappa shape index (κ2) is 5.19. The average Bonchev–Trinajstić information content (AvgIpc) is 2.49. The molecule has 98 valence electrons. The van der Waals surface area contributed by atoms with Crippen molar-refractivity contribution < 1.29 is 4.74 Å². The summed E-state index contributed by atoms with van der Waals surface area (Å²) >= 11 is 0. The van der Waals surface area contributed by atoms with Gasteiger partial charge in [0.2, 0.25) is 5.95 Å². The molecule has 2 aromatic heterocycles. The Morgan fingerprint density at radius 2 is 2.00 bits per heavy atom. The number of hydrogen-bond donors (Lipinski definition) is 1. The van der Waals surface area contributed by atoms with Crippen LogP contribution in [-0.2, 0) is 4.74 Å². The molecule has 6 heteroatoms.